The van der Waals surface area contributed by atoms with Gasteiger partial charge in [-0.05, 0) is 75.4 Å². The molecule has 1 aliphatic rings. The molecule has 0 aliphatic carbocycles. The monoisotopic (exact) mass is 521 g/mol. The van der Waals surface area contributed by atoms with Crippen molar-refractivity contribution in [2.45, 2.75) is 71.6 Å². The minimum absolute atomic E-state index is 0.325. The predicted molar refractivity (Wildman–Crippen MR) is 150 cm³/mol. The zero-order chi connectivity index (χ0) is 27.0. The van der Waals surface area contributed by atoms with Crippen molar-refractivity contribution in [1.29, 1.82) is 0 Å². The summed E-state index contributed by atoms with van der Waals surface area (Å²) in [7, 11) is 1.69. The Labute approximate surface area is 227 Å². The minimum Gasteiger partial charge on any atom is -0.493 e. The van der Waals surface area contributed by atoms with Crippen molar-refractivity contribution in [2.24, 2.45) is 0 Å². The minimum atomic E-state index is -0.809. The fraction of sp³-hybridized carbons (Fsp3) is 0.516. The van der Waals surface area contributed by atoms with Crippen LogP contribution in [0, 0.1) is 13.8 Å². The summed E-state index contributed by atoms with van der Waals surface area (Å²) in [6.07, 6.45) is 8.07. The third-order valence-corrected chi connectivity index (χ3v) is 7.39. The van der Waals surface area contributed by atoms with Crippen LogP contribution in [0.4, 0.5) is 0 Å². The van der Waals surface area contributed by atoms with Gasteiger partial charge in [-0.15, -0.1) is 0 Å². The van der Waals surface area contributed by atoms with E-state index in [0.717, 1.165) is 80.5 Å². The summed E-state index contributed by atoms with van der Waals surface area (Å²) in [5.74, 6) is 3.48. The van der Waals surface area contributed by atoms with Crippen LogP contribution in [0.5, 0.6) is 17.2 Å². The van der Waals surface area contributed by atoms with Crippen molar-refractivity contribution < 1.29 is 19.3 Å². The second-order valence-electron chi connectivity index (χ2n) is 10.5. The van der Waals surface area contributed by atoms with Crippen LogP contribution >= 0.6 is 0 Å². The maximum atomic E-state index is 11.3. The van der Waals surface area contributed by atoms with E-state index in [4.69, 9.17) is 14.2 Å². The van der Waals surface area contributed by atoms with E-state index >= 15 is 0 Å². The van der Waals surface area contributed by atoms with Crippen LogP contribution in [0.25, 0.3) is 0 Å². The molecule has 0 radical (unpaired) electrons. The first-order chi connectivity index (χ1) is 18.4. The Hall–Kier alpha value is -3.03. The van der Waals surface area contributed by atoms with Gasteiger partial charge < -0.3 is 23.9 Å². The fourth-order valence-electron chi connectivity index (χ4n) is 5.17. The average molecular weight is 522 g/mol. The largest absolute Gasteiger partial charge is 0.493 e. The standard InChI is InChI=1S/C31H43N3O4/c1-5-30-32-14-18-34(30)16-7-19-37-28-11-9-26(21-29(28)36-4)22-33-15-6-12-31(35,13-17-33)23-38-27-10-8-24(2)20-25(27)3/h8-11,14,18,20-21,35H,5-7,12-13,15-17,19,22-23H2,1-4H3. The molecule has 1 atom stereocenters. The second kappa shape index (κ2) is 13.2. The lowest BCUT2D eigenvalue weighted by atomic mass is 9.96. The molecule has 1 aromatic heterocycles. The normalized spacial score (nSPS) is 18.2. The van der Waals surface area contributed by atoms with Gasteiger partial charge in [0, 0.05) is 38.4 Å². The fourth-order valence-corrected chi connectivity index (χ4v) is 5.17. The lowest BCUT2D eigenvalue weighted by Gasteiger charge is -2.27. The van der Waals surface area contributed by atoms with Gasteiger partial charge in [0.25, 0.3) is 0 Å². The Kier molecular flexibility index (Phi) is 9.69. The summed E-state index contributed by atoms with van der Waals surface area (Å²) in [4.78, 5) is 6.78. The Morgan fingerprint density at radius 3 is 2.63 bits per heavy atom. The van der Waals surface area contributed by atoms with Gasteiger partial charge >= 0.3 is 0 Å². The number of methoxy groups -OCH3 is 1. The van der Waals surface area contributed by atoms with E-state index in [1.807, 2.05) is 24.5 Å². The number of benzene rings is 2. The SMILES string of the molecule is CCc1nccn1CCCOc1ccc(CN2CCCC(O)(COc3ccc(C)cc3C)CC2)cc1OC. The number of ether oxygens (including phenoxy) is 3. The van der Waals surface area contributed by atoms with E-state index in [1.54, 1.807) is 7.11 Å². The Morgan fingerprint density at radius 1 is 1.00 bits per heavy atom. The van der Waals surface area contributed by atoms with Gasteiger partial charge in [0.1, 0.15) is 18.2 Å². The molecule has 0 spiro atoms. The zero-order valence-electron chi connectivity index (χ0n) is 23.4. The van der Waals surface area contributed by atoms with Crippen LogP contribution < -0.4 is 14.2 Å². The molecule has 1 fully saturated rings. The molecule has 38 heavy (non-hydrogen) atoms. The highest BCUT2D eigenvalue weighted by Gasteiger charge is 2.31. The molecular formula is C31H43N3O4. The first kappa shape index (κ1) is 28.0. The summed E-state index contributed by atoms with van der Waals surface area (Å²) >= 11 is 0. The first-order valence-corrected chi connectivity index (χ1v) is 13.8. The van der Waals surface area contributed by atoms with Crippen molar-refractivity contribution in [1.82, 2.24) is 14.5 Å². The van der Waals surface area contributed by atoms with Crippen LogP contribution in [0.1, 0.15) is 55.1 Å². The topological polar surface area (TPSA) is 69.0 Å². The van der Waals surface area contributed by atoms with E-state index in [0.29, 0.717) is 19.6 Å². The van der Waals surface area contributed by atoms with E-state index in [-0.39, 0.29) is 0 Å². The van der Waals surface area contributed by atoms with Gasteiger partial charge in [-0.1, -0.05) is 30.7 Å². The van der Waals surface area contributed by atoms with Crippen molar-refractivity contribution in [2.75, 3.05) is 33.4 Å². The van der Waals surface area contributed by atoms with Crippen LogP contribution in [-0.2, 0) is 19.5 Å². The summed E-state index contributed by atoms with van der Waals surface area (Å²) in [5.41, 5.74) is 2.69. The van der Waals surface area contributed by atoms with Crippen LogP contribution in [-0.4, -0.2) is 58.6 Å². The maximum Gasteiger partial charge on any atom is 0.161 e. The molecule has 0 amide bonds. The third kappa shape index (κ3) is 7.51. The van der Waals surface area contributed by atoms with Gasteiger partial charge in [0.05, 0.1) is 19.3 Å². The molecule has 1 N–H and O–H groups in total. The third-order valence-electron chi connectivity index (χ3n) is 7.39. The lowest BCUT2D eigenvalue weighted by molar-refractivity contribution is -0.0170. The number of aliphatic hydroxyl groups is 1. The lowest BCUT2D eigenvalue weighted by Crippen LogP contribution is -2.37. The molecular weight excluding hydrogens is 478 g/mol. The maximum absolute atomic E-state index is 11.3. The van der Waals surface area contributed by atoms with Crippen LogP contribution in [0.15, 0.2) is 48.8 Å². The van der Waals surface area contributed by atoms with Gasteiger partial charge in [-0.25, -0.2) is 4.98 Å². The summed E-state index contributed by atoms with van der Waals surface area (Å²) in [6, 6.07) is 12.4. The first-order valence-electron chi connectivity index (χ1n) is 13.8. The Bertz CT molecular complexity index is 1180. The van der Waals surface area contributed by atoms with E-state index < -0.39 is 5.60 Å². The predicted octanol–water partition coefficient (Wildman–Crippen LogP) is 5.34. The van der Waals surface area contributed by atoms with Gasteiger partial charge in [0.15, 0.2) is 11.5 Å². The average Bonchev–Trinajstić information content (AvgIpc) is 3.29. The highest BCUT2D eigenvalue weighted by atomic mass is 16.5. The molecule has 1 saturated heterocycles. The highest BCUT2D eigenvalue weighted by Crippen LogP contribution is 2.30. The zero-order valence-corrected chi connectivity index (χ0v) is 23.4. The molecule has 1 unspecified atom stereocenters. The van der Waals surface area contributed by atoms with E-state index in [9.17, 15) is 5.11 Å². The molecule has 0 bridgehead atoms. The molecule has 1 aliphatic heterocycles. The number of hydrogen-bond acceptors (Lipinski definition) is 6. The van der Waals surface area contributed by atoms with Crippen molar-refractivity contribution in [3.63, 3.8) is 0 Å². The summed E-state index contributed by atoms with van der Waals surface area (Å²) in [5, 5.41) is 11.3. The number of likely N-dealkylation sites (tertiary alicyclic amines) is 1. The highest BCUT2D eigenvalue weighted by molar-refractivity contribution is 5.43. The molecule has 7 heteroatoms. The quantitative estimate of drug-likeness (QED) is 0.325. The molecule has 4 rings (SSSR count). The number of aryl methyl sites for hydroxylation is 4. The van der Waals surface area contributed by atoms with Crippen molar-refractivity contribution in [3.8, 4) is 17.2 Å². The molecule has 0 saturated carbocycles. The summed E-state index contributed by atoms with van der Waals surface area (Å²) in [6.45, 7) is 10.7. The summed E-state index contributed by atoms with van der Waals surface area (Å²) < 4.78 is 19.9. The van der Waals surface area contributed by atoms with Gasteiger partial charge in [-0.3, -0.25) is 4.90 Å². The van der Waals surface area contributed by atoms with Crippen LogP contribution in [0.3, 0.4) is 0 Å². The number of aromatic nitrogens is 2. The number of hydrogen-bond donors (Lipinski definition) is 1. The van der Waals surface area contributed by atoms with Crippen molar-refractivity contribution >= 4 is 0 Å². The number of nitrogens with zero attached hydrogens (tertiary/aromatic N) is 3. The van der Waals surface area contributed by atoms with Gasteiger partial charge in [0.2, 0.25) is 0 Å². The molecule has 206 valence electrons. The molecule has 2 heterocycles. The Morgan fingerprint density at radius 2 is 1.84 bits per heavy atom. The van der Waals surface area contributed by atoms with E-state index in [2.05, 4.69) is 59.5 Å². The smallest absolute Gasteiger partial charge is 0.161 e. The molecule has 7 nitrogen and oxygen atoms in total. The number of rotatable bonds is 12. The van der Waals surface area contributed by atoms with E-state index in [1.165, 1.54) is 11.1 Å². The second-order valence-corrected chi connectivity index (χ2v) is 10.5. The number of imidazole rings is 1. The van der Waals surface area contributed by atoms with Crippen LogP contribution in [0.2, 0.25) is 0 Å². The molecule has 3 aromatic rings. The van der Waals surface area contributed by atoms with Gasteiger partial charge in [-0.2, -0.15) is 0 Å². The van der Waals surface area contributed by atoms with Crippen molar-refractivity contribution in [3.05, 3.63) is 71.3 Å². The molecule has 2 aromatic carbocycles. The Balaban J connectivity index is 1.26.